The Morgan fingerprint density at radius 2 is 2.00 bits per heavy atom. The molecule has 64 valence electrons. The summed E-state index contributed by atoms with van der Waals surface area (Å²) in [6.07, 6.45) is 2.88. The van der Waals surface area contributed by atoms with Crippen LogP contribution in [0.4, 0.5) is 0 Å². The van der Waals surface area contributed by atoms with Gasteiger partial charge in [-0.15, -0.1) is 0 Å². The second-order valence-electron chi connectivity index (χ2n) is 4.79. The number of piperidine rings is 2. The van der Waals surface area contributed by atoms with Crippen LogP contribution in [0.1, 0.15) is 12.8 Å². The molecular formula is C9H19N2+. The molecule has 0 amide bonds. The molecule has 0 aliphatic carbocycles. The molecule has 0 saturated carbocycles. The van der Waals surface area contributed by atoms with Gasteiger partial charge in [0.2, 0.25) is 0 Å². The fraction of sp³-hybridized carbons (Fsp3) is 1.00. The van der Waals surface area contributed by atoms with Crippen LogP contribution in [0.25, 0.3) is 0 Å². The van der Waals surface area contributed by atoms with E-state index in [1.54, 1.807) is 0 Å². The lowest BCUT2D eigenvalue weighted by atomic mass is 9.90. The smallest absolute Gasteiger partial charge is 0.102 e. The van der Waals surface area contributed by atoms with Gasteiger partial charge in [-0.2, -0.15) is 0 Å². The topological polar surface area (TPSA) is 3.24 Å². The number of likely N-dealkylation sites (N-methyl/N-ethyl adjacent to an activating group) is 2. The molecule has 3 heterocycles. The fourth-order valence-corrected chi connectivity index (χ4v) is 2.67. The largest absolute Gasteiger partial charge is 0.324 e. The van der Waals surface area contributed by atoms with Crippen molar-refractivity contribution in [1.29, 1.82) is 0 Å². The van der Waals surface area contributed by atoms with E-state index < -0.39 is 0 Å². The average Bonchev–Trinajstić information content (AvgIpc) is 1.90. The monoisotopic (exact) mass is 155 g/mol. The number of piperazine rings is 1. The van der Waals surface area contributed by atoms with Crippen LogP contribution >= 0.6 is 0 Å². The predicted octanol–water partition coefficient (Wildman–Crippen LogP) is 0.539. The molecule has 0 N–H and O–H groups in total. The van der Waals surface area contributed by atoms with E-state index in [4.69, 9.17) is 0 Å². The van der Waals surface area contributed by atoms with Crippen LogP contribution < -0.4 is 0 Å². The maximum absolute atomic E-state index is 2.54. The van der Waals surface area contributed by atoms with Crippen molar-refractivity contribution >= 4 is 0 Å². The molecule has 3 aliphatic rings. The third-order valence-electron chi connectivity index (χ3n) is 3.62. The van der Waals surface area contributed by atoms with Crippen molar-refractivity contribution in [1.82, 2.24) is 4.90 Å². The molecule has 0 spiro atoms. The van der Waals surface area contributed by atoms with E-state index in [0.29, 0.717) is 0 Å². The Labute approximate surface area is 69.4 Å². The van der Waals surface area contributed by atoms with Crippen molar-refractivity contribution in [3.8, 4) is 0 Å². The zero-order valence-corrected chi connectivity index (χ0v) is 7.88. The van der Waals surface area contributed by atoms with Gasteiger partial charge in [0.1, 0.15) is 6.04 Å². The van der Waals surface area contributed by atoms with Crippen molar-refractivity contribution < 1.29 is 4.48 Å². The summed E-state index contributed by atoms with van der Waals surface area (Å²) in [5.41, 5.74) is 0. The van der Waals surface area contributed by atoms with Gasteiger partial charge in [-0.1, -0.05) is 0 Å². The summed E-state index contributed by atoms with van der Waals surface area (Å²) in [6.45, 7) is 2.68. The first-order valence-electron chi connectivity index (χ1n) is 4.62. The first-order chi connectivity index (χ1) is 5.09. The lowest BCUT2D eigenvalue weighted by Gasteiger charge is -2.53. The lowest BCUT2D eigenvalue weighted by Crippen LogP contribution is -2.68. The maximum atomic E-state index is 2.54. The van der Waals surface area contributed by atoms with Crippen LogP contribution in [0.15, 0.2) is 0 Å². The van der Waals surface area contributed by atoms with Crippen LogP contribution in [0.3, 0.4) is 0 Å². The van der Waals surface area contributed by atoms with Gasteiger partial charge in [-0.25, -0.2) is 0 Å². The maximum Gasteiger partial charge on any atom is 0.102 e. The predicted molar refractivity (Wildman–Crippen MR) is 46.4 cm³/mol. The summed E-state index contributed by atoms with van der Waals surface area (Å²) in [5, 5.41) is 0. The summed E-state index contributed by atoms with van der Waals surface area (Å²) in [7, 11) is 7.03. The van der Waals surface area contributed by atoms with Gasteiger partial charge in [0.25, 0.3) is 0 Å². The highest BCUT2D eigenvalue weighted by molar-refractivity contribution is 4.85. The highest BCUT2D eigenvalue weighted by Gasteiger charge is 2.43. The Morgan fingerprint density at radius 1 is 1.27 bits per heavy atom. The number of hydrogen-bond acceptors (Lipinski definition) is 1. The number of fused-ring (bicyclic) bond motifs is 3. The minimum absolute atomic E-state index is 0.870. The van der Waals surface area contributed by atoms with E-state index in [2.05, 4.69) is 26.0 Å². The van der Waals surface area contributed by atoms with Crippen LogP contribution in [0.2, 0.25) is 0 Å². The lowest BCUT2D eigenvalue weighted by molar-refractivity contribution is -0.928. The van der Waals surface area contributed by atoms with Crippen molar-refractivity contribution in [3.63, 3.8) is 0 Å². The zero-order valence-electron chi connectivity index (χ0n) is 7.88. The van der Waals surface area contributed by atoms with Crippen molar-refractivity contribution in [2.75, 3.05) is 34.2 Å². The van der Waals surface area contributed by atoms with Gasteiger partial charge in [0.15, 0.2) is 0 Å². The van der Waals surface area contributed by atoms with E-state index in [-0.39, 0.29) is 0 Å². The van der Waals surface area contributed by atoms with E-state index in [1.165, 1.54) is 30.4 Å². The summed E-state index contributed by atoms with van der Waals surface area (Å²) < 4.78 is 1.26. The second kappa shape index (κ2) is 2.20. The van der Waals surface area contributed by atoms with Crippen molar-refractivity contribution in [2.45, 2.75) is 24.9 Å². The molecule has 11 heavy (non-hydrogen) atoms. The minimum Gasteiger partial charge on any atom is -0.324 e. The Kier molecular flexibility index (Phi) is 1.52. The standard InChI is InChI=1S/C9H19N2/c1-10-6-9-5-4-8(10)7-11(9,2)3/h8-9H,4-7H2,1-3H3/q+1. The number of hydrogen-bond donors (Lipinski definition) is 0. The molecule has 3 aliphatic heterocycles. The summed E-state index contributed by atoms with van der Waals surface area (Å²) >= 11 is 0. The normalized spacial score (nSPS) is 42.8. The Hall–Kier alpha value is -0.0800. The van der Waals surface area contributed by atoms with Crippen LogP contribution in [-0.4, -0.2) is 55.7 Å². The average molecular weight is 155 g/mol. The molecule has 0 radical (unpaired) electrons. The molecule has 2 nitrogen and oxygen atoms in total. The summed E-state index contributed by atoms with van der Waals surface area (Å²) in [5.74, 6) is 0. The molecule has 2 unspecified atom stereocenters. The molecule has 3 rings (SSSR count). The van der Waals surface area contributed by atoms with Gasteiger partial charge in [-0.05, 0) is 13.5 Å². The molecule has 3 saturated heterocycles. The Bertz CT molecular complexity index is 165. The van der Waals surface area contributed by atoms with Gasteiger partial charge < -0.3 is 4.48 Å². The van der Waals surface area contributed by atoms with Crippen molar-refractivity contribution in [3.05, 3.63) is 0 Å². The van der Waals surface area contributed by atoms with Gasteiger partial charge in [0, 0.05) is 6.42 Å². The highest BCUT2D eigenvalue weighted by Crippen LogP contribution is 2.30. The molecule has 2 bridgehead atoms. The van der Waals surface area contributed by atoms with Crippen LogP contribution in [0.5, 0.6) is 0 Å². The van der Waals surface area contributed by atoms with E-state index >= 15 is 0 Å². The molecule has 0 aromatic carbocycles. The molecular weight excluding hydrogens is 136 g/mol. The number of quaternary nitrogens is 1. The number of rotatable bonds is 0. The summed E-state index contributed by atoms with van der Waals surface area (Å²) in [4.78, 5) is 2.54. The number of nitrogens with zero attached hydrogens (tertiary/aromatic N) is 2. The van der Waals surface area contributed by atoms with Crippen molar-refractivity contribution in [2.24, 2.45) is 0 Å². The highest BCUT2D eigenvalue weighted by atomic mass is 15.4. The van der Waals surface area contributed by atoms with Gasteiger partial charge >= 0.3 is 0 Å². The quantitative estimate of drug-likeness (QED) is 0.461. The first kappa shape index (κ1) is 7.56. The van der Waals surface area contributed by atoms with Gasteiger partial charge in [-0.3, -0.25) is 4.90 Å². The molecule has 2 atom stereocenters. The Balaban J connectivity index is 2.16. The molecule has 0 aromatic heterocycles. The third-order valence-corrected chi connectivity index (χ3v) is 3.62. The third kappa shape index (κ3) is 1.09. The fourth-order valence-electron chi connectivity index (χ4n) is 2.67. The first-order valence-corrected chi connectivity index (χ1v) is 4.62. The molecule has 0 aromatic rings. The van der Waals surface area contributed by atoms with Crippen LogP contribution in [0, 0.1) is 0 Å². The molecule has 2 heteroatoms. The van der Waals surface area contributed by atoms with E-state index in [9.17, 15) is 0 Å². The molecule has 3 fully saturated rings. The van der Waals surface area contributed by atoms with E-state index in [0.717, 1.165) is 12.1 Å². The van der Waals surface area contributed by atoms with E-state index in [1.807, 2.05) is 0 Å². The van der Waals surface area contributed by atoms with Gasteiger partial charge in [0.05, 0.1) is 33.2 Å². The zero-order chi connectivity index (χ0) is 8.06. The minimum atomic E-state index is 0.870. The SMILES string of the molecule is CN1CC2CCC1C[N+]2(C)C. The summed E-state index contributed by atoms with van der Waals surface area (Å²) in [6, 6.07) is 1.78. The Morgan fingerprint density at radius 3 is 2.27 bits per heavy atom. The second-order valence-corrected chi connectivity index (χ2v) is 4.79. The van der Waals surface area contributed by atoms with Crippen LogP contribution in [-0.2, 0) is 0 Å².